The van der Waals surface area contributed by atoms with Gasteiger partial charge in [-0.25, -0.2) is 4.79 Å². The molecule has 0 aliphatic carbocycles. The Labute approximate surface area is 198 Å². The maximum Gasteiger partial charge on any atom is 0.416 e. The second-order valence-electron chi connectivity index (χ2n) is 8.27. The smallest absolute Gasteiger partial charge is 0.416 e. The van der Waals surface area contributed by atoms with Crippen molar-refractivity contribution in [1.29, 1.82) is 0 Å². The van der Waals surface area contributed by atoms with E-state index in [2.05, 4.69) is 0 Å². The fourth-order valence-electron chi connectivity index (χ4n) is 3.96. The minimum absolute atomic E-state index is 0.0220. The van der Waals surface area contributed by atoms with E-state index >= 15 is 0 Å². The molecule has 1 atom stereocenters. The molecule has 0 saturated carbocycles. The molecule has 0 aromatic heterocycles. The Kier molecular flexibility index (Phi) is 7.10. The van der Waals surface area contributed by atoms with Crippen LogP contribution >= 0.6 is 0 Å². The van der Waals surface area contributed by atoms with E-state index in [0.717, 1.165) is 16.0 Å². The molecule has 1 aliphatic heterocycles. The van der Waals surface area contributed by atoms with Crippen LogP contribution in [0.25, 0.3) is 0 Å². The molecule has 11 heteroatoms. The van der Waals surface area contributed by atoms with Crippen molar-refractivity contribution in [3.63, 3.8) is 0 Å². The third-order valence-corrected chi connectivity index (χ3v) is 5.92. The predicted octanol–water partition coefficient (Wildman–Crippen LogP) is 6.74. The Balaban J connectivity index is 2.19. The Morgan fingerprint density at radius 1 is 0.886 bits per heavy atom. The quantitative estimate of drug-likeness (QED) is 0.437. The number of amides is 2. The van der Waals surface area contributed by atoms with Crippen molar-refractivity contribution in [3.05, 3.63) is 58.1 Å². The number of hydrogen-bond donors (Lipinski definition) is 0. The van der Waals surface area contributed by atoms with Crippen molar-refractivity contribution in [2.24, 2.45) is 0 Å². The van der Waals surface area contributed by atoms with Gasteiger partial charge < -0.3 is 9.64 Å². The maximum atomic E-state index is 13.4. The summed E-state index contributed by atoms with van der Waals surface area (Å²) in [6, 6.07) is 3.43. The number of carbonyl (C=O) groups excluding carboxylic acids is 2. The molecule has 3 rings (SSSR count). The minimum atomic E-state index is -5.09. The molecule has 35 heavy (non-hydrogen) atoms. The molecule has 1 aliphatic rings. The highest BCUT2D eigenvalue weighted by atomic mass is 19.4. The van der Waals surface area contributed by atoms with Crippen molar-refractivity contribution in [2.45, 2.75) is 52.5 Å². The molecular formula is C24H24F6N2O3. The van der Waals surface area contributed by atoms with Crippen LogP contribution in [0.3, 0.4) is 0 Å². The number of carbonyl (C=O) groups is 2. The van der Waals surface area contributed by atoms with E-state index in [1.54, 1.807) is 39.8 Å². The van der Waals surface area contributed by atoms with E-state index in [1.165, 1.54) is 4.90 Å². The van der Waals surface area contributed by atoms with Crippen molar-refractivity contribution in [1.82, 2.24) is 0 Å². The Bertz CT molecular complexity index is 1110. The van der Waals surface area contributed by atoms with Gasteiger partial charge in [0.2, 0.25) is 0 Å². The maximum absolute atomic E-state index is 13.4. The summed E-state index contributed by atoms with van der Waals surface area (Å²) in [7, 11) is 0. The van der Waals surface area contributed by atoms with Crippen LogP contribution in [-0.2, 0) is 17.1 Å². The van der Waals surface area contributed by atoms with Gasteiger partial charge in [-0.15, -0.1) is 0 Å². The predicted molar refractivity (Wildman–Crippen MR) is 118 cm³/mol. The normalized spacial score (nSPS) is 16.2. The first kappa shape index (κ1) is 26.4. The Hall–Kier alpha value is -3.24. The highest BCUT2D eigenvalue weighted by Crippen LogP contribution is 2.41. The summed E-state index contributed by atoms with van der Waals surface area (Å²) in [5.41, 5.74) is -1.92. The lowest BCUT2D eigenvalue weighted by molar-refractivity contribution is -0.143. The minimum Gasteiger partial charge on any atom is -0.449 e. The molecule has 1 heterocycles. The number of benzene rings is 2. The number of nitrogens with zero attached hydrogens (tertiary/aromatic N) is 2. The number of rotatable bonds is 3. The monoisotopic (exact) mass is 502 g/mol. The summed E-state index contributed by atoms with van der Waals surface area (Å²) in [6.45, 7) is 6.86. The van der Waals surface area contributed by atoms with Gasteiger partial charge in [0, 0.05) is 12.1 Å². The number of alkyl halides is 6. The van der Waals surface area contributed by atoms with Gasteiger partial charge in [0.05, 0.1) is 35.2 Å². The van der Waals surface area contributed by atoms with Crippen molar-refractivity contribution >= 4 is 23.4 Å². The molecule has 1 unspecified atom stereocenters. The molecule has 2 aromatic carbocycles. The second kappa shape index (κ2) is 9.43. The molecule has 0 spiro atoms. The zero-order valence-corrected chi connectivity index (χ0v) is 19.5. The van der Waals surface area contributed by atoms with Crippen molar-refractivity contribution in [2.75, 3.05) is 23.0 Å². The largest absolute Gasteiger partial charge is 0.449 e. The number of anilines is 2. The van der Waals surface area contributed by atoms with Gasteiger partial charge in [-0.3, -0.25) is 9.69 Å². The molecule has 0 radical (unpaired) electrons. The fourth-order valence-corrected chi connectivity index (χ4v) is 3.96. The first-order valence-corrected chi connectivity index (χ1v) is 10.9. The molecule has 2 amide bonds. The first-order valence-electron chi connectivity index (χ1n) is 10.9. The molecule has 0 N–H and O–H groups in total. The van der Waals surface area contributed by atoms with E-state index in [0.29, 0.717) is 24.2 Å². The average molecular weight is 502 g/mol. The van der Waals surface area contributed by atoms with Crippen LogP contribution < -0.4 is 9.80 Å². The zero-order valence-electron chi connectivity index (χ0n) is 19.5. The summed E-state index contributed by atoms with van der Waals surface area (Å²) >= 11 is 0. The van der Waals surface area contributed by atoms with Gasteiger partial charge >= 0.3 is 18.4 Å². The van der Waals surface area contributed by atoms with Crippen LogP contribution in [0.4, 0.5) is 42.5 Å². The number of fused-ring (bicyclic) bond motifs is 1. The number of halogens is 6. The number of ether oxygens (including phenoxy) is 1. The zero-order chi connectivity index (χ0) is 26.3. The number of aryl methyl sites for hydroxylation is 2. The van der Waals surface area contributed by atoms with Crippen LogP contribution in [0.15, 0.2) is 30.3 Å². The van der Waals surface area contributed by atoms with E-state index < -0.39 is 47.1 Å². The van der Waals surface area contributed by atoms with Gasteiger partial charge in [-0.1, -0.05) is 6.92 Å². The lowest BCUT2D eigenvalue weighted by Crippen LogP contribution is -2.53. The SMILES string of the molecule is CCOC(=O)N1c2cc(C)c(C)cc2N(C(=O)c2cc(C(F)(F)F)cc(C(F)(F)F)c2)CC1CC. The van der Waals surface area contributed by atoms with E-state index in [4.69, 9.17) is 4.74 Å². The topological polar surface area (TPSA) is 49.9 Å². The van der Waals surface area contributed by atoms with Gasteiger partial charge in [-0.05, 0) is 68.7 Å². The van der Waals surface area contributed by atoms with Gasteiger partial charge in [0.25, 0.3) is 5.91 Å². The van der Waals surface area contributed by atoms with Crippen LogP contribution in [0.1, 0.15) is 52.9 Å². The lowest BCUT2D eigenvalue weighted by Gasteiger charge is -2.42. The summed E-state index contributed by atoms with van der Waals surface area (Å²) in [4.78, 5) is 28.7. The number of hydrogen-bond acceptors (Lipinski definition) is 3. The Morgan fingerprint density at radius 2 is 1.40 bits per heavy atom. The van der Waals surface area contributed by atoms with Crippen molar-refractivity contribution in [3.8, 4) is 0 Å². The molecule has 0 saturated heterocycles. The summed E-state index contributed by atoms with van der Waals surface area (Å²) in [5.74, 6) is -1.03. The Morgan fingerprint density at radius 3 is 1.86 bits per heavy atom. The van der Waals surface area contributed by atoms with Crippen LogP contribution in [0.2, 0.25) is 0 Å². The highest BCUT2D eigenvalue weighted by molar-refractivity contribution is 6.10. The van der Waals surface area contributed by atoms with E-state index in [1.807, 2.05) is 0 Å². The fraction of sp³-hybridized carbons (Fsp3) is 0.417. The molecule has 0 fully saturated rings. The third-order valence-electron chi connectivity index (χ3n) is 5.92. The average Bonchev–Trinajstić information content (AvgIpc) is 2.77. The van der Waals surface area contributed by atoms with Crippen molar-refractivity contribution < 1.29 is 40.7 Å². The third kappa shape index (κ3) is 5.23. The molecular weight excluding hydrogens is 478 g/mol. The molecule has 2 aromatic rings. The highest BCUT2D eigenvalue weighted by Gasteiger charge is 2.41. The van der Waals surface area contributed by atoms with Crippen LogP contribution in [-0.4, -0.2) is 31.2 Å². The second-order valence-corrected chi connectivity index (χ2v) is 8.27. The van der Waals surface area contributed by atoms with Gasteiger partial charge in [0.15, 0.2) is 0 Å². The molecule has 190 valence electrons. The van der Waals surface area contributed by atoms with Gasteiger partial charge in [-0.2, -0.15) is 26.3 Å². The summed E-state index contributed by atoms with van der Waals surface area (Å²) in [5, 5.41) is 0. The summed E-state index contributed by atoms with van der Waals surface area (Å²) in [6.07, 6.45) is -10.5. The first-order chi connectivity index (χ1) is 16.2. The van der Waals surface area contributed by atoms with E-state index in [9.17, 15) is 35.9 Å². The lowest BCUT2D eigenvalue weighted by atomic mass is 9.98. The van der Waals surface area contributed by atoms with Crippen LogP contribution in [0.5, 0.6) is 0 Å². The summed E-state index contributed by atoms with van der Waals surface area (Å²) < 4.78 is 85.3. The van der Waals surface area contributed by atoms with E-state index in [-0.39, 0.29) is 24.9 Å². The molecule has 5 nitrogen and oxygen atoms in total. The van der Waals surface area contributed by atoms with Gasteiger partial charge in [0.1, 0.15) is 0 Å². The molecule has 0 bridgehead atoms. The standard InChI is InChI=1S/C24H24F6N2O3/c1-5-18-12-31(19-7-13(3)14(4)8-20(19)32(18)22(34)35-6-2)21(33)15-9-16(23(25,26)27)11-17(10-15)24(28,29)30/h7-11,18H,5-6,12H2,1-4H3. The van der Waals surface area contributed by atoms with Crippen LogP contribution in [0, 0.1) is 13.8 Å².